The van der Waals surface area contributed by atoms with Crippen LogP contribution >= 0.6 is 0 Å². The Kier molecular flexibility index (Phi) is 1.89. The van der Waals surface area contributed by atoms with Gasteiger partial charge in [0.1, 0.15) is 19.4 Å². The minimum absolute atomic E-state index is 0.0440. The highest BCUT2D eigenvalue weighted by Gasteiger charge is 2.04. The van der Waals surface area contributed by atoms with Crippen molar-refractivity contribution in [2.45, 2.75) is 0 Å². The van der Waals surface area contributed by atoms with Crippen molar-refractivity contribution in [1.82, 2.24) is 0 Å². The predicted molar refractivity (Wildman–Crippen MR) is 41.7 cm³/mol. The van der Waals surface area contributed by atoms with Crippen molar-refractivity contribution in [2.75, 3.05) is 5.73 Å². The molecule has 2 radical (unpaired) electrons. The largest absolute Gasteiger partial charge is 0.397 e. The minimum atomic E-state index is -0.576. The summed E-state index contributed by atoms with van der Waals surface area (Å²) in [6.45, 7) is 0. The average Bonchev–Trinajstić information content (AvgIpc) is 1.85. The van der Waals surface area contributed by atoms with Crippen LogP contribution in [0.2, 0.25) is 0 Å². The molecule has 0 aliphatic carbocycles. The van der Waals surface area contributed by atoms with Crippen LogP contribution in [-0.2, 0) is 0 Å². The van der Waals surface area contributed by atoms with Crippen LogP contribution in [0.25, 0.3) is 0 Å². The second-order valence-corrected chi connectivity index (χ2v) is 2.02. The van der Waals surface area contributed by atoms with Crippen LogP contribution < -0.4 is 11.2 Å². The van der Waals surface area contributed by atoms with Crippen LogP contribution in [0, 0.1) is 10.7 Å². The molecule has 0 spiro atoms. The summed E-state index contributed by atoms with van der Waals surface area (Å²) in [6.07, 6.45) is 0. The number of rotatable bonds is 1. The Morgan fingerprint density at radius 1 is 1.55 bits per heavy atom. The molecule has 1 aromatic rings. The van der Waals surface area contributed by atoms with E-state index < -0.39 is 5.82 Å². The number of anilines is 1. The second kappa shape index (κ2) is 2.69. The molecule has 0 heterocycles. The van der Waals surface area contributed by atoms with Crippen LogP contribution in [-0.4, -0.2) is 7.85 Å². The van der Waals surface area contributed by atoms with Crippen LogP contribution in [0.1, 0.15) is 0 Å². The molecule has 11 heavy (non-hydrogen) atoms. The van der Waals surface area contributed by atoms with Gasteiger partial charge >= 0.3 is 0 Å². The van der Waals surface area contributed by atoms with Crippen molar-refractivity contribution < 1.29 is 4.39 Å². The third-order valence-electron chi connectivity index (χ3n) is 1.22. The summed E-state index contributed by atoms with van der Waals surface area (Å²) in [5, 5.41) is 2.54. The third kappa shape index (κ3) is 1.37. The summed E-state index contributed by atoms with van der Waals surface area (Å²) < 4.78 is 12.4. The number of nitroso groups, excluding NO2 is 1. The molecule has 0 aliphatic rings. The molecule has 5 heteroatoms. The summed E-state index contributed by atoms with van der Waals surface area (Å²) >= 11 is 0. The maximum Gasteiger partial charge on any atom is 0.124 e. The number of hydrogen-bond acceptors (Lipinski definition) is 3. The average molecular weight is 150 g/mol. The van der Waals surface area contributed by atoms with Crippen LogP contribution in [0.5, 0.6) is 0 Å². The molecule has 0 aromatic heterocycles. The van der Waals surface area contributed by atoms with E-state index >= 15 is 0 Å². The predicted octanol–water partition coefficient (Wildman–Crippen LogP) is 0.600. The Morgan fingerprint density at radius 2 is 2.18 bits per heavy atom. The van der Waals surface area contributed by atoms with E-state index in [9.17, 15) is 9.30 Å². The summed E-state index contributed by atoms with van der Waals surface area (Å²) in [5.41, 5.74) is 5.03. The van der Waals surface area contributed by atoms with Crippen LogP contribution in [0.3, 0.4) is 0 Å². The van der Waals surface area contributed by atoms with Gasteiger partial charge in [0.2, 0.25) is 0 Å². The Bertz CT molecular complexity index is 280. The Hall–Kier alpha value is -1.39. The SMILES string of the molecule is [B]c1cc(F)cc(N)c1N=O. The van der Waals surface area contributed by atoms with Gasteiger partial charge in [0.25, 0.3) is 0 Å². The Balaban J connectivity index is 3.36. The van der Waals surface area contributed by atoms with E-state index in [2.05, 4.69) is 5.18 Å². The van der Waals surface area contributed by atoms with Crippen molar-refractivity contribution in [2.24, 2.45) is 5.18 Å². The number of nitrogen functional groups attached to an aromatic ring is 1. The lowest BCUT2D eigenvalue weighted by molar-refractivity contribution is 0.629. The van der Waals surface area contributed by atoms with Gasteiger partial charge in [-0.15, -0.1) is 4.91 Å². The van der Waals surface area contributed by atoms with E-state index in [1.807, 2.05) is 0 Å². The molecule has 2 N–H and O–H groups in total. The standard InChI is InChI=1S/C6H4BFN2O/c7-4-1-3(8)2-5(9)6(4)10-11/h1-2H,9H2. The maximum atomic E-state index is 12.4. The first-order valence-electron chi connectivity index (χ1n) is 2.83. The van der Waals surface area contributed by atoms with E-state index in [4.69, 9.17) is 13.6 Å². The Labute approximate surface area is 63.8 Å². The number of benzene rings is 1. The molecule has 1 aromatic carbocycles. The van der Waals surface area contributed by atoms with Gasteiger partial charge in [-0.3, -0.25) is 0 Å². The highest BCUT2D eigenvalue weighted by Crippen LogP contribution is 2.18. The summed E-state index contributed by atoms with van der Waals surface area (Å²) in [6, 6.07) is 1.99. The van der Waals surface area contributed by atoms with Gasteiger partial charge in [-0.1, -0.05) is 5.46 Å². The number of nitrogens with two attached hydrogens (primary N) is 1. The first kappa shape index (κ1) is 7.72. The van der Waals surface area contributed by atoms with E-state index in [0.717, 1.165) is 12.1 Å². The smallest absolute Gasteiger partial charge is 0.124 e. The molecule has 0 amide bonds. The van der Waals surface area contributed by atoms with Gasteiger partial charge in [0.05, 0.1) is 5.69 Å². The number of nitrogens with zero attached hydrogens (tertiary/aromatic N) is 1. The number of hydrogen-bond donors (Lipinski definition) is 1. The molecule has 0 saturated heterocycles. The normalized spacial score (nSPS) is 9.55. The van der Waals surface area contributed by atoms with Crippen molar-refractivity contribution in [3.63, 3.8) is 0 Å². The molecular weight excluding hydrogens is 146 g/mol. The van der Waals surface area contributed by atoms with E-state index in [1.54, 1.807) is 0 Å². The van der Waals surface area contributed by atoms with Gasteiger partial charge in [-0.05, 0) is 17.3 Å². The summed E-state index contributed by atoms with van der Waals surface area (Å²) in [5.74, 6) is -0.576. The molecule has 54 valence electrons. The fourth-order valence-corrected chi connectivity index (χ4v) is 0.748. The van der Waals surface area contributed by atoms with Crippen molar-refractivity contribution in [3.8, 4) is 0 Å². The highest BCUT2D eigenvalue weighted by atomic mass is 19.1. The van der Waals surface area contributed by atoms with E-state index in [0.29, 0.717) is 0 Å². The van der Waals surface area contributed by atoms with Gasteiger partial charge in [-0.25, -0.2) is 4.39 Å². The van der Waals surface area contributed by atoms with Crippen LogP contribution in [0.15, 0.2) is 17.3 Å². The first-order valence-corrected chi connectivity index (χ1v) is 2.83. The zero-order valence-electron chi connectivity index (χ0n) is 5.54. The molecule has 0 atom stereocenters. The van der Waals surface area contributed by atoms with Gasteiger partial charge in [-0.2, -0.15) is 0 Å². The van der Waals surface area contributed by atoms with Crippen LogP contribution in [0.4, 0.5) is 15.8 Å². The molecular formula is C6H4BFN2O. The topological polar surface area (TPSA) is 55.4 Å². The minimum Gasteiger partial charge on any atom is -0.397 e. The lowest BCUT2D eigenvalue weighted by Gasteiger charge is -2.00. The molecule has 0 bridgehead atoms. The highest BCUT2D eigenvalue weighted by molar-refractivity contribution is 6.36. The quantitative estimate of drug-likeness (QED) is 0.362. The van der Waals surface area contributed by atoms with Gasteiger partial charge in [0, 0.05) is 0 Å². The molecule has 0 fully saturated rings. The molecule has 0 unspecified atom stereocenters. The zero-order chi connectivity index (χ0) is 8.43. The maximum absolute atomic E-state index is 12.4. The molecule has 0 saturated carbocycles. The molecule has 3 nitrogen and oxygen atoms in total. The summed E-state index contributed by atoms with van der Waals surface area (Å²) in [7, 11) is 5.22. The number of halogens is 1. The lowest BCUT2D eigenvalue weighted by Crippen LogP contribution is -2.06. The molecule has 1 rings (SSSR count). The fourth-order valence-electron chi connectivity index (χ4n) is 0.748. The second-order valence-electron chi connectivity index (χ2n) is 2.02. The lowest BCUT2D eigenvalue weighted by atomic mass is 9.93. The third-order valence-corrected chi connectivity index (χ3v) is 1.22. The summed E-state index contributed by atoms with van der Waals surface area (Å²) in [4.78, 5) is 10.0. The van der Waals surface area contributed by atoms with Crippen molar-refractivity contribution in [3.05, 3.63) is 22.9 Å². The fraction of sp³-hybridized carbons (Fsp3) is 0. The van der Waals surface area contributed by atoms with Gasteiger partial charge in [0.15, 0.2) is 0 Å². The van der Waals surface area contributed by atoms with E-state index in [1.165, 1.54) is 0 Å². The first-order chi connectivity index (χ1) is 5.15. The van der Waals surface area contributed by atoms with Crippen molar-refractivity contribution >= 4 is 24.7 Å². The van der Waals surface area contributed by atoms with E-state index in [-0.39, 0.29) is 16.8 Å². The monoisotopic (exact) mass is 150 g/mol. The Morgan fingerprint density at radius 3 is 2.64 bits per heavy atom. The van der Waals surface area contributed by atoms with Gasteiger partial charge < -0.3 is 5.73 Å². The molecule has 0 aliphatic heterocycles. The van der Waals surface area contributed by atoms with Crippen molar-refractivity contribution in [1.29, 1.82) is 0 Å². The zero-order valence-corrected chi connectivity index (χ0v) is 5.54.